The van der Waals surface area contributed by atoms with Crippen LogP contribution in [0.2, 0.25) is 0 Å². The molecule has 7 heteroatoms. The molecule has 0 spiro atoms. The van der Waals surface area contributed by atoms with Gasteiger partial charge in [0, 0.05) is 0 Å². The number of nitrogens with two attached hydrogens (primary N) is 1. The molecule has 0 fully saturated rings. The largest absolute Gasteiger partial charge is 0.496 e. The smallest absolute Gasteiger partial charge is 0.420 e. The van der Waals surface area contributed by atoms with Gasteiger partial charge in [0.1, 0.15) is 17.1 Å². The lowest BCUT2D eigenvalue weighted by Crippen LogP contribution is -2.10. The van der Waals surface area contributed by atoms with E-state index < -0.39 is 37.3 Å². The summed E-state index contributed by atoms with van der Waals surface area (Å²) in [5.74, 6) is -1.50. The summed E-state index contributed by atoms with van der Waals surface area (Å²) in [6.07, 6.45) is -4.99. The number of methoxy groups -OCH3 is 2. The van der Waals surface area contributed by atoms with Crippen molar-refractivity contribution < 1.29 is 30.9 Å². The topological polar surface area (TPSA) is 44.5 Å². The summed E-state index contributed by atoms with van der Waals surface area (Å²) in [4.78, 5) is 0. The van der Waals surface area contributed by atoms with Gasteiger partial charge >= 0.3 is 6.18 Å². The highest BCUT2D eigenvalue weighted by Gasteiger charge is 2.35. The van der Waals surface area contributed by atoms with Crippen LogP contribution in [0.15, 0.2) is 12.1 Å². The molecule has 104 valence electrons. The molecular formula is C11H15ClF3NO2. The van der Waals surface area contributed by atoms with E-state index in [1.807, 2.05) is 0 Å². The van der Waals surface area contributed by atoms with Crippen LogP contribution < -0.4 is 15.2 Å². The van der Waals surface area contributed by atoms with Crippen molar-refractivity contribution in [3.8, 4) is 11.5 Å². The number of hydrogen-bond acceptors (Lipinski definition) is 3. The van der Waals surface area contributed by atoms with Crippen molar-refractivity contribution in [1.82, 2.24) is 0 Å². The van der Waals surface area contributed by atoms with Gasteiger partial charge in [-0.15, -0.1) is 12.4 Å². The van der Waals surface area contributed by atoms with Crippen molar-refractivity contribution in [2.45, 2.75) is 12.6 Å². The highest BCUT2D eigenvalue weighted by molar-refractivity contribution is 5.85. The fraction of sp³-hybridized carbons (Fsp3) is 0.455. The molecular weight excluding hydrogens is 271 g/mol. The Kier molecular flexibility index (Phi) is 3.30. The predicted octanol–water partition coefficient (Wildman–Crippen LogP) is 2.65. The zero-order chi connectivity index (χ0) is 18.1. The second-order valence-corrected chi connectivity index (χ2v) is 3.20. The van der Waals surface area contributed by atoms with Gasteiger partial charge < -0.3 is 15.2 Å². The highest BCUT2D eigenvalue weighted by Crippen LogP contribution is 2.40. The first kappa shape index (κ1) is 8.87. The van der Waals surface area contributed by atoms with E-state index in [-0.39, 0.29) is 30.9 Å². The molecule has 0 saturated heterocycles. The lowest BCUT2D eigenvalue weighted by atomic mass is 10.1. The van der Waals surface area contributed by atoms with Crippen molar-refractivity contribution in [1.29, 1.82) is 0 Å². The third-order valence-corrected chi connectivity index (χ3v) is 2.10. The van der Waals surface area contributed by atoms with Gasteiger partial charge in [-0.2, -0.15) is 13.2 Å². The van der Waals surface area contributed by atoms with E-state index in [4.69, 9.17) is 14.0 Å². The fourth-order valence-electron chi connectivity index (χ4n) is 1.35. The third-order valence-electron chi connectivity index (χ3n) is 2.10. The lowest BCUT2D eigenvalue weighted by molar-refractivity contribution is -0.138. The van der Waals surface area contributed by atoms with E-state index in [2.05, 4.69) is 9.47 Å². The predicted molar refractivity (Wildman–Crippen MR) is 64.6 cm³/mol. The molecule has 0 saturated carbocycles. The molecule has 0 aromatic heterocycles. The van der Waals surface area contributed by atoms with Gasteiger partial charge in [-0.3, -0.25) is 0 Å². The molecule has 0 aliphatic rings. The van der Waals surface area contributed by atoms with Gasteiger partial charge in [0.2, 0.25) is 0 Å². The Bertz CT molecular complexity index is 562. The van der Waals surface area contributed by atoms with E-state index in [0.717, 1.165) is 6.07 Å². The molecule has 1 aromatic rings. The fourth-order valence-corrected chi connectivity index (χ4v) is 1.35. The minimum absolute atomic E-state index is 0. The standard InChI is InChI=1S/C11H14F3NO2.ClH/c1-16-9-6-8(11(12,13)14)10(17-2)5-7(9)3-4-15;/h5-6H,3-4,15H2,1-2H3;1H/i1D3,2D3;. The summed E-state index contributed by atoms with van der Waals surface area (Å²) in [7, 11) is -6.08. The van der Waals surface area contributed by atoms with Crippen molar-refractivity contribution in [2.24, 2.45) is 5.73 Å². The first-order valence-corrected chi connectivity index (χ1v) is 4.55. The van der Waals surface area contributed by atoms with E-state index in [1.165, 1.54) is 0 Å². The Morgan fingerprint density at radius 1 is 1.22 bits per heavy atom. The maximum atomic E-state index is 13.1. The molecule has 0 radical (unpaired) electrons. The van der Waals surface area contributed by atoms with Crippen LogP contribution in [0.25, 0.3) is 0 Å². The number of rotatable bonds is 4. The summed E-state index contributed by atoms with van der Waals surface area (Å²) in [6.45, 7) is -0.0179. The minimum atomic E-state index is -4.96. The van der Waals surface area contributed by atoms with E-state index >= 15 is 0 Å². The van der Waals surface area contributed by atoms with Crippen LogP contribution in [0, 0.1) is 0 Å². The van der Waals surface area contributed by atoms with Crippen molar-refractivity contribution in [3.05, 3.63) is 23.3 Å². The lowest BCUT2D eigenvalue weighted by Gasteiger charge is -2.16. The van der Waals surface area contributed by atoms with Crippen molar-refractivity contribution in [3.63, 3.8) is 0 Å². The first-order valence-electron chi connectivity index (χ1n) is 7.55. The van der Waals surface area contributed by atoms with Gasteiger partial charge in [0.05, 0.1) is 22.3 Å². The molecule has 0 unspecified atom stereocenters. The highest BCUT2D eigenvalue weighted by atomic mass is 35.5. The van der Waals surface area contributed by atoms with Crippen LogP contribution >= 0.6 is 12.4 Å². The molecule has 0 amide bonds. The number of alkyl halides is 3. The van der Waals surface area contributed by atoms with Crippen LogP contribution in [0.1, 0.15) is 19.4 Å². The maximum Gasteiger partial charge on any atom is 0.420 e. The number of ether oxygens (including phenoxy) is 2. The minimum Gasteiger partial charge on any atom is -0.496 e. The molecule has 1 aromatic carbocycles. The second-order valence-electron chi connectivity index (χ2n) is 3.20. The van der Waals surface area contributed by atoms with Crippen molar-refractivity contribution >= 4 is 12.4 Å². The Hall–Kier alpha value is -1.14. The summed E-state index contributed by atoms with van der Waals surface area (Å²) in [6, 6.07) is 1.18. The molecule has 0 bridgehead atoms. The Labute approximate surface area is 118 Å². The molecule has 1 rings (SSSR count). The van der Waals surface area contributed by atoms with Crippen molar-refractivity contribution in [2.75, 3.05) is 20.6 Å². The summed E-state index contributed by atoms with van der Waals surface area (Å²) in [5.41, 5.74) is 3.87. The van der Waals surface area contributed by atoms with Crippen LogP contribution in [-0.4, -0.2) is 20.6 Å². The van der Waals surface area contributed by atoms with E-state index in [1.54, 1.807) is 0 Å². The SMILES string of the molecule is Cl.[2H]C([2H])([2H])Oc1cc(C(F)(F)F)c(OC([2H])([2H])[2H])cc1CCN. The summed E-state index contributed by atoms with van der Waals surface area (Å²) >= 11 is 0. The molecule has 0 atom stereocenters. The average molecular weight is 292 g/mol. The van der Waals surface area contributed by atoms with Gasteiger partial charge in [-0.25, -0.2) is 0 Å². The van der Waals surface area contributed by atoms with Crippen LogP contribution in [0.5, 0.6) is 11.5 Å². The monoisotopic (exact) mass is 291 g/mol. The average Bonchev–Trinajstić information content (AvgIpc) is 2.27. The van der Waals surface area contributed by atoms with Gasteiger partial charge in [-0.05, 0) is 30.7 Å². The van der Waals surface area contributed by atoms with Gasteiger partial charge in [-0.1, -0.05) is 0 Å². The molecule has 2 N–H and O–H groups in total. The van der Waals surface area contributed by atoms with E-state index in [9.17, 15) is 13.2 Å². The summed E-state index contributed by atoms with van der Waals surface area (Å²) < 4.78 is 90.0. The first-order chi connectivity index (χ1) is 10.2. The Morgan fingerprint density at radius 2 is 1.83 bits per heavy atom. The number of benzene rings is 1. The number of hydrogen-bond donors (Lipinski definition) is 1. The van der Waals surface area contributed by atoms with Crippen LogP contribution in [0.4, 0.5) is 13.2 Å². The normalized spacial score (nSPS) is 17.1. The Morgan fingerprint density at radius 3 is 2.33 bits per heavy atom. The van der Waals surface area contributed by atoms with Crippen LogP contribution in [-0.2, 0) is 12.6 Å². The zero-order valence-electron chi connectivity index (χ0n) is 15.0. The number of halogens is 4. The van der Waals surface area contributed by atoms with Gasteiger partial charge in [0.15, 0.2) is 0 Å². The zero-order valence-corrected chi connectivity index (χ0v) is 9.82. The maximum absolute atomic E-state index is 13.1. The Balaban J connectivity index is 0.00000529. The molecule has 0 heterocycles. The molecule has 3 nitrogen and oxygen atoms in total. The van der Waals surface area contributed by atoms with E-state index in [0.29, 0.717) is 6.07 Å². The van der Waals surface area contributed by atoms with Crippen LogP contribution in [0.3, 0.4) is 0 Å². The molecule has 18 heavy (non-hydrogen) atoms. The van der Waals surface area contributed by atoms with Gasteiger partial charge in [0.25, 0.3) is 0 Å². The third kappa shape index (κ3) is 3.68. The molecule has 0 aliphatic carbocycles. The quantitative estimate of drug-likeness (QED) is 0.927. The summed E-state index contributed by atoms with van der Waals surface area (Å²) in [5, 5.41) is 0. The molecule has 0 aliphatic heterocycles. The second kappa shape index (κ2) is 6.70.